The first-order chi connectivity index (χ1) is 9.20. The molecule has 1 heterocycles. The molecule has 1 fully saturated rings. The molecule has 0 spiro atoms. The maximum Gasteiger partial charge on any atom is 0.263 e. The van der Waals surface area contributed by atoms with E-state index in [9.17, 15) is 8.78 Å². The first kappa shape index (κ1) is 14.4. The third-order valence-corrected chi connectivity index (χ3v) is 3.72. The van der Waals surface area contributed by atoms with Crippen LogP contribution < -0.4 is 5.32 Å². The van der Waals surface area contributed by atoms with Crippen LogP contribution in [0.1, 0.15) is 37.3 Å². The summed E-state index contributed by atoms with van der Waals surface area (Å²) in [6.45, 7) is 4.64. The van der Waals surface area contributed by atoms with Crippen LogP contribution in [0.2, 0.25) is 0 Å². The largest absolute Gasteiger partial charge is 0.378 e. The molecule has 19 heavy (non-hydrogen) atoms. The van der Waals surface area contributed by atoms with Crippen LogP contribution in [0.5, 0.6) is 0 Å². The van der Waals surface area contributed by atoms with Crippen molar-refractivity contribution < 1.29 is 13.5 Å². The van der Waals surface area contributed by atoms with Crippen LogP contribution in [0.25, 0.3) is 0 Å². The summed E-state index contributed by atoms with van der Waals surface area (Å²) >= 11 is 0. The summed E-state index contributed by atoms with van der Waals surface area (Å²) in [6, 6.07) is 6.51. The van der Waals surface area contributed by atoms with Crippen molar-refractivity contribution in [3.63, 3.8) is 0 Å². The highest BCUT2D eigenvalue weighted by molar-refractivity contribution is 5.23. The highest BCUT2D eigenvalue weighted by atomic mass is 19.3. The number of benzene rings is 1. The average Bonchev–Trinajstić information content (AvgIpc) is 2.87. The lowest BCUT2D eigenvalue weighted by Crippen LogP contribution is -2.27. The predicted molar refractivity (Wildman–Crippen MR) is 71.2 cm³/mol. The van der Waals surface area contributed by atoms with Crippen molar-refractivity contribution in [2.45, 2.75) is 38.8 Å². The first-order valence-electron chi connectivity index (χ1n) is 6.90. The van der Waals surface area contributed by atoms with E-state index in [0.29, 0.717) is 12.0 Å². The van der Waals surface area contributed by atoms with E-state index in [0.717, 1.165) is 38.1 Å². The zero-order valence-electron chi connectivity index (χ0n) is 11.2. The topological polar surface area (TPSA) is 21.3 Å². The summed E-state index contributed by atoms with van der Waals surface area (Å²) in [5.74, 6) is 0.574. The Balaban J connectivity index is 1.76. The van der Waals surface area contributed by atoms with Crippen LogP contribution >= 0.6 is 0 Å². The summed E-state index contributed by atoms with van der Waals surface area (Å²) in [5.41, 5.74) is 1.12. The number of rotatable bonds is 6. The molecule has 2 unspecified atom stereocenters. The van der Waals surface area contributed by atoms with Crippen molar-refractivity contribution in [1.82, 2.24) is 5.32 Å². The third kappa shape index (κ3) is 3.98. The van der Waals surface area contributed by atoms with Crippen LogP contribution in [0.4, 0.5) is 8.78 Å². The molecule has 1 aromatic carbocycles. The van der Waals surface area contributed by atoms with Gasteiger partial charge in [-0.1, -0.05) is 31.2 Å². The standard InChI is InChI=1S/C15H21F2NO/c1-2-14-13(7-8-19-14)10-18-9-11-3-5-12(6-4-11)15(16)17/h3-6,13-15,18H,2,7-10H2,1H3. The fraction of sp³-hybridized carbons (Fsp3) is 0.600. The molecular weight excluding hydrogens is 248 g/mol. The molecule has 1 N–H and O–H groups in total. The summed E-state index contributed by atoms with van der Waals surface area (Å²) < 4.78 is 30.5. The van der Waals surface area contributed by atoms with E-state index in [1.807, 2.05) is 0 Å². The number of hydrogen-bond donors (Lipinski definition) is 1. The number of halogens is 2. The van der Waals surface area contributed by atoms with Gasteiger partial charge < -0.3 is 10.1 Å². The van der Waals surface area contributed by atoms with E-state index in [2.05, 4.69) is 12.2 Å². The van der Waals surface area contributed by atoms with Crippen LogP contribution in [-0.2, 0) is 11.3 Å². The molecular formula is C15H21F2NO. The van der Waals surface area contributed by atoms with E-state index in [1.165, 1.54) is 12.1 Å². The second kappa shape index (κ2) is 6.96. The van der Waals surface area contributed by atoms with Gasteiger partial charge in [0.15, 0.2) is 0 Å². The molecule has 106 valence electrons. The van der Waals surface area contributed by atoms with Crippen LogP contribution in [0.3, 0.4) is 0 Å². The summed E-state index contributed by atoms with van der Waals surface area (Å²) in [7, 11) is 0. The van der Waals surface area contributed by atoms with Crippen molar-refractivity contribution in [1.29, 1.82) is 0 Å². The second-order valence-corrected chi connectivity index (χ2v) is 5.04. The molecule has 0 radical (unpaired) electrons. The summed E-state index contributed by atoms with van der Waals surface area (Å²) in [6.07, 6.45) is 0.141. The molecule has 4 heteroatoms. The average molecular weight is 269 g/mol. The highest BCUT2D eigenvalue weighted by Crippen LogP contribution is 2.22. The zero-order chi connectivity index (χ0) is 13.7. The van der Waals surface area contributed by atoms with Crippen molar-refractivity contribution in [2.75, 3.05) is 13.2 Å². The van der Waals surface area contributed by atoms with E-state index in [1.54, 1.807) is 12.1 Å². The lowest BCUT2D eigenvalue weighted by molar-refractivity contribution is 0.0872. The van der Waals surface area contributed by atoms with Gasteiger partial charge in [-0.2, -0.15) is 0 Å². The third-order valence-electron chi connectivity index (χ3n) is 3.72. The van der Waals surface area contributed by atoms with E-state index >= 15 is 0 Å². The minimum Gasteiger partial charge on any atom is -0.378 e. The molecule has 0 saturated carbocycles. The Hall–Kier alpha value is -1.00. The highest BCUT2D eigenvalue weighted by Gasteiger charge is 2.25. The first-order valence-corrected chi connectivity index (χ1v) is 6.90. The van der Waals surface area contributed by atoms with Gasteiger partial charge in [0.2, 0.25) is 0 Å². The van der Waals surface area contributed by atoms with E-state index < -0.39 is 6.43 Å². The fourth-order valence-electron chi connectivity index (χ4n) is 2.56. The second-order valence-electron chi connectivity index (χ2n) is 5.04. The molecule has 1 aliphatic rings. The molecule has 1 aliphatic heterocycles. The molecule has 1 saturated heterocycles. The molecule has 0 aliphatic carbocycles. The maximum atomic E-state index is 12.4. The Labute approximate surface area is 113 Å². The Morgan fingerprint density at radius 1 is 1.32 bits per heavy atom. The van der Waals surface area contributed by atoms with Crippen LogP contribution in [0.15, 0.2) is 24.3 Å². The van der Waals surface area contributed by atoms with Gasteiger partial charge in [0.25, 0.3) is 6.43 Å². The predicted octanol–water partition coefficient (Wildman–Crippen LogP) is 3.53. The summed E-state index contributed by atoms with van der Waals surface area (Å²) in [4.78, 5) is 0. The van der Waals surface area contributed by atoms with Crippen molar-refractivity contribution in [2.24, 2.45) is 5.92 Å². The Morgan fingerprint density at radius 2 is 2.05 bits per heavy atom. The maximum absolute atomic E-state index is 12.4. The Morgan fingerprint density at radius 3 is 2.68 bits per heavy atom. The minimum absolute atomic E-state index is 0.0824. The van der Waals surface area contributed by atoms with Gasteiger partial charge in [-0.25, -0.2) is 8.78 Å². The van der Waals surface area contributed by atoms with Crippen molar-refractivity contribution in [3.05, 3.63) is 35.4 Å². The Bertz CT molecular complexity index is 380. The normalized spacial score (nSPS) is 23.2. The van der Waals surface area contributed by atoms with Crippen molar-refractivity contribution in [3.8, 4) is 0 Å². The quantitative estimate of drug-likeness (QED) is 0.853. The summed E-state index contributed by atoms with van der Waals surface area (Å²) in [5, 5.41) is 3.39. The monoisotopic (exact) mass is 269 g/mol. The molecule has 2 atom stereocenters. The van der Waals surface area contributed by atoms with Crippen molar-refractivity contribution >= 4 is 0 Å². The van der Waals surface area contributed by atoms with Crippen LogP contribution in [0, 0.1) is 5.92 Å². The van der Waals surface area contributed by atoms with Gasteiger partial charge in [0.1, 0.15) is 0 Å². The van der Waals surface area contributed by atoms with E-state index in [-0.39, 0.29) is 5.56 Å². The van der Waals surface area contributed by atoms with Gasteiger partial charge in [-0.15, -0.1) is 0 Å². The fourth-order valence-corrected chi connectivity index (χ4v) is 2.56. The van der Waals surface area contributed by atoms with Gasteiger partial charge in [0, 0.05) is 25.3 Å². The number of alkyl halides is 2. The number of ether oxygens (including phenoxy) is 1. The molecule has 2 rings (SSSR count). The smallest absolute Gasteiger partial charge is 0.263 e. The lowest BCUT2D eigenvalue weighted by Gasteiger charge is -2.17. The molecule has 0 bridgehead atoms. The Kier molecular flexibility index (Phi) is 5.28. The van der Waals surface area contributed by atoms with Gasteiger partial charge in [-0.05, 0) is 24.3 Å². The zero-order valence-corrected chi connectivity index (χ0v) is 11.2. The minimum atomic E-state index is -2.39. The van der Waals surface area contributed by atoms with Gasteiger partial charge in [-0.3, -0.25) is 0 Å². The lowest BCUT2D eigenvalue weighted by atomic mass is 9.99. The SMILES string of the molecule is CCC1OCCC1CNCc1ccc(C(F)F)cc1. The molecule has 0 amide bonds. The number of hydrogen-bond acceptors (Lipinski definition) is 2. The molecule has 0 aromatic heterocycles. The number of nitrogens with one attached hydrogen (secondary N) is 1. The van der Waals surface area contributed by atoms with Gasteiger partial charge >= 0.3 is 0 Å². The molecule has 2 nitrogen and oxygen atoms in total. The van der Waals surface area contributed by atoms with E-state index in [4.69, 9.17) is 4.74 Å². The van der Waals surface area contributed by atoms with Gasteiger partial charge in [0.05, 0.1) is 6.10 Å². The molecule has 1 aromatic rings. The van der Waals surface area contributed by atoms with Crippen LogP contribution in [-0.4, -0.2) is 19.3 Å².